The van der Waals surface area contributed by atoms with Crippen LogP contribution in [0.2, 0.25) is 0 Å². The first kappa shape index (κ1) is 11.6. The van der Waals surface area contributed by atoms with E-state index in [1.807, 2.05) is 30.5 Å². The summed E-state index contributed by atoms with van der Waals surface area (Å²) in [7, 11) is 0. The number of fused-ring (bicyclic) bond motifs is 1. The van der Waals surface area contributed by atoms with Crippen LogP contribution in [-0.4, -0.2) is 8.76 Å². The number of hydrogen-bond acceptors (Lipinski definition) is 3. The molecule has 0 fully saturated rings. The molecule has 0 saturated carbocycles. The van der Waals surface area contributed by atoms with Gasteiger partial charge in [-0.25, -0.2) is 0 Å². The summed E-state index contributed by atoms with van der Waals surface area (Å²) < 4.78 is 17.6. The average molecular weight is 223 g/mol. The molecule has 1 heterocycles. The van der Waals surface area contributed by atoms with Crippen molar-refractivity contribution in [1.82, 2.24) is 0 Å². The number of benzene rings is 1. The number of nitrogens with one attached hydrogen (secondary N) is 1. The Labute approximate surface area is 90.9 Å². The molecule has 80 valence electrons. The number of hydrogen-bond donors (Lipinski definition) is 2. The molecule has 2 rings (SSSR count). The van der Waals surface area contributed by atoms with Crippen molar-refractivity contribution in [2.24, 2.45) is 5.14 Å². The molecule has 1 unspecified atom stereocenters. The van der Waals surface area contributed by atoms with Crippen LogP contribution < -0.4 is 10.5 Å². The molecule has 5 heteroatoms. The molecule has 0 bridgehead atoms. The van der Waals surface area contributed by atoms with Gasteiger partial charge in [-0.05, 0) is 17.7 Å². The Morgan fingerprint density at radius 3 is 2.67 bits per heavy atom. The predicted octanol–water partition coefficient (Wildman–Crippen LogP) is 1.38. The zero-order chi connectivity index (χ0) is 11.1. The zero-order valence-electron chi connectivity index (χ0n) is 7.92. The highest BCUT2D eigenvalue weighted by atomic mass is 32.2. The SMILES string of the molecule is C1=CNc2ccccc2C=C1.NS(=O)[O-]. The molecule has 0 radical (unpaired) electrons. The first-order valence-corrected chi connectivity index (χ1v) is 5.36. The number of rotatable bonds is 0. The van der Waals surface area contributed by atoms with Gasteiger partial charge in [-0.2, -0.15) is 0 Å². The van der Waals surface area contributed by atoms with E-state index in [1.165, 1.54) is 5.56 Å². The number of nitrogens with two attached hydrogens (primary N) is 1. The Balaban J connectivity index is 0.000000245. The second kappa shape index (κ2) is 6.13. The Bertz CT molecular complexity index is 398. The third-order valence-electron chi connectivity index (χ3n) is 1.68. The van der Waals surface area contributed by atoms with Crippen molar-refractivity contribution in [2.45, 2.75) is 0 Å². The van der Waals surface area contributed by atoms with E-state index < -0.39 is 11.3 Å². The van der Waals surface area contributed by atoms with Crippen molar-refractivity contribution in [2.75, 3.05) is 5.32 Å². The highest BCUT2D eigenvalue weighted by Crippen LogP contribution is 2.18. The van der Waals surface area contributed by atoms with Crippen LogP contribution in [0, 0.1) is 0 Å². The summed E-state index contributed by atoms with van der Waals surface area (Å²) in [5.41, 5.74) is 2.40. The largest absolute Gasteiger partial charge is 0.760 e. The Morgan fingerprint density at radius 1 is 1.27 bits per heavy atom. The summed E-state index contributed by atoms with van der Waals surface area (Å²) >= 11 is -2.36. The maximum Gasteiger partial charge on any atom is 0.0453 e. The van der Waals surface area contributed by atoms with Gasteiger partial charge in [0.2, 0.25) is 0 Å². The fourth-order valence-corrected chi connectivity index (χ4v) is 1.13. The van der Waals surface area contributed by atoms with Gasteiger partial charge in [0, 0.05) is 23.2 Å². The van der Waals surface area contributed by atoms with Crippen molar-refractivity contribution in [3.05, 3.63) is 48.2 Å². The maximum absolute atomic E-state index is 8.78. The van der Waals surface area contributed by atoms with Crippen LogP contribution in [-0.2, 0) is 11.3 Å². The van der Waals surface area contributed by atoms with Crippen LogP contribution in [0.1, 0.15) is 5.56 Å². The highest BCUT2D eigenvalue weighted by molar-refractivity contribution is 7.76. The van der Waals surface area contributed by atoms with Crippen molar-refractivity contribution >= 4 is 23.0 Å². The van der Waals surface area contributed by atoms with Crippen LogP contribution >= 0.6 is 0 Å². The van der Waals surface area contributed by atoms with Gasteiger partial charge < -0.3 is 9.87 Å². The predicted molar refractivity (Wildman–Crippen MR) is 61.3 cm³/mol. The first-order chi connectivity index (χ1) is 7.20. The normalized spacial score (nSPS) is 14.0. The topological polar surface area (TPSA) is 78.2 Å². The Morgan fingerprint density at radius 2 is 1.93 bits per heavy atom. The van der Waals surface area contributed by atoms with E-state index >= 15 is 0 Å². The van der Waals surface area contributed by atoms with E-state index in [0.29, 0.717) is 0 Å². The first-order valence-electron chi connectivity index (χ1n) is 4.22. The molecule has 0 aromatic heterocycles. The highest BCUT2D eigenvalue weighted by Gasteiger charge is 1.95. The van der Waals surface area contributed by atoms with Crippen molar-refractivity contribution < 1.29 is 8.76 Å². The summed E-state index contributed by atoms with van der Waals surface area (Å²) in [6, 6.07) is 8.22. The third-order valence-corrected chi connectivity index (χ3v) is 1.68. The lowest BCUT2D eigenvalue weighted by Gasteiger charge is -2.01. The molecule has 1 aliphatic rings. The second-order valence-corrected chi connectivity index (χ2v) is 3.23. The Hall–Kier alpha value is -1.43. The fourth-order valence-electron chi connectivity index (χ4n) is 1.13. The van der Waals surface area contributed by atoms with E-state index in [0.717, 1.165) is 5.69 Å². The third kappa shape index (κ3) is 4.55. The molecule has 1 atom stereocenters. The van der Waals surface area contributed by atoms with Gasteiger partial charge in [0.15, 0.2) is 0 Å². The van der Waals surface area contributed by atoms with Crippen LogP contribution in [0.5, 0.6) is 0 Å². The van der Waals surface area contributed by atoms with E-state index in [1.54, 1.807) is 0 Å². The molecule has 0 spiro atoms. The number of anilines is 1. The minimum atomic E-state index is -2.36. The fraction of sp³-hybridized carbons (Fsp3) is 0. The molecule has 3 N–H and O–H groups in total. The van der Waals surface area contributed by atoms with E-state index in [4.69, 9.17) is 8.76 Å². The molecule has 0 saturated heterocycles. The summed E-state index contributed by atoms with van der Waals surface area (Å²) in [6.45, 7) is 0. The van der Waals surface area contributed by atoms with Gasteiger partial charge in [-0.3, -0.25) is 9.35 Å². The molecule has 1 aliphatic heterocycles. The van der Waals surface area contributed by atoms with Gasteiger partial charge in [0.05, 0.1) is 0 Å². The van der Waals surface area contributed by atoms with Gasteiger partial charge in [-0.1, -0.05) is 30.4 Å². The minimum Gasteiger partial charge on any atom is -0.760 e. The molecule has 15 heavy (non-hydrogen) atoms. The molecule has 4 nitrogen and oxygen atoms in total. The van der Waals surface area contributed by atoms with Gasteiger partial charge in [-0.15, -0.1) is 0 Å². The standard InChI is InChI=1S/C10H9N.H3NO2S/c1-2-7-10-9(5-1)6-3-4-8-11-10;1-4(2)3/h1-8,11H;1H2,(H,2,3)/p-1. The quantitative estimate of drug-likeness (QED) is 0.652. The molecule has 0 aliphatic carbocycles. The smallest absolute Gasteiger partial charge is 0.0453 e. The van der Waals surface area contributed by atoms with Crippen molar-refractivity contribution in [3.8, 4) is 0 Å². The lowest BCUT2D eigenvalue weighted by atomic mass is 10.2. The summed E-state index contributed by atoms with van der Waals surface area (Å²) in [5, 5.41) is 7.21. The van der Waals surface area contributed by atoms with E-state index in [-0.39, 0.29) is 0 Å². The zero-order valence-corrected chi connectivity index (χ0v) is 8.74. The Kier molecular flexibility index (Phi) is 4.76. The molecular weight excluding hydrogens is 212 g/mol. The average Bonchev–Trinajstić information content (AvgIpc) is 2.41. The maximum atomic E-state index is 8.78. The van der Waals surface area contributed by atoms with Gasteiger partial charge in [0.25, 0.3) is 0 Å². The summed E-state index contributed by atoms with van der Waals surface area (Å²) in [6.07, 6.45) is 8.03. The van der Waals surface area contributed by atoms with Crippen LogP contribution in [0.3, 0.4) is 0 Å². The van der Waals surface area contributed by atoms with Gasteiger partial charge >= 0.3 is 0 Å². The lowest BCUT2D eigenvalue weighted by Crippen LogP contribution is -1.97. The number of allylic oxidation sites excluding steroid dienone is 2. The number of para-hydroxylation sites is 1. The second-order valence-electron chi connectivity index (χ2n) is 2.71. The molecule has 1 aromatic rings. The van der Waals surface area contributed by atoms with E-state index in [2.05, 4.69) is 28.7 Å². The summed E-state index contributed by atoms with van der Waals surface area (Å²) in [4.78, 5) is 0. The van der Waals surface area contributed by atoms with Crippen LogP contribution in [0.25, 0.3) is 6.08 Å². The van der Waals surface area contributed by atoms with Crippen molar-refractivity contribution in [1.29, 1.82) is 0 Å². The monoisotopic (exact) mass is 223 g/mol. The van der Waals surface area contributed by atoms with Crippen molar-refractivity contribution in [3.63, 3.8) is 0 Å². The van der Waals surface area contributed by atoms with E-state index in [9.17, 15) is 0 Å². The van der Waals surface area contributed by atoms with Crippen LogP contribution in [0.15, 0.2) is 42.6 Å². The lowest BCUT2D eigenvalue weighted by molar-refractivity contribution is 0.539. The van der Waals surface area contributed by atoms with Crippen LogP contribution in [0.4, 0.5) is 5.69 Å². The molecule has 1 aromatic carbocycles. The molecule has 0 amide bonds. The summed E-state index contributed by atoms with van der Waals surface area (Å²) in [5.74, 6) is 0. The molecular formula is C10H11N2O2S-. The van der Waals surface area contributed by atoms with Gasteiger partial charge in [0.1, 0.15) is 0 Å². The minimum absolute atomic E-state index is 1.16.